The number of ether oxygens (including phenoxy) is 2. The number of esters is 1. The van der Waals surface area contributed by atoms with Crippen LogP contribution < -0.4 is 9.46 Å². The Morgan fingerprint density at radius 1 is 1.46 bits per heavy atom. The highest BCUT2D eigenvalue weighted by atomic mass is 79.9. The van der Waals surface area contributed by atoms with Crippen molar-refractivity contribution in [1.82, 2.24) is 4.98 Å². The molecule has 0 unspecified atom stereocenters. The number of benzene rings is 1. The number of carbonyl (C=O) groups is 1. The van der Waals surface area contributed by atoms with Crippen molar-refractivity contribution in [3.63, 3.8) is 0 Å². The summed E-state index contributed by atoms with van der Waals surface area (Å²) in [6, 6.07) is 5.25. The van der Waals surface area contributed by atoms with Gasteiger partial charge in [-0.1, -0.05) is 0 Å². The van der Waals surface area contributed by atoms with Gasteiger partial charge in [-0.15, -0.1) is 0 Å². The zero-order valence-corrected chi connectivity index (χ0v) is 15.9. The molecule has 1 aromatic heterocycles. The van der Waals surface area contributed by atoms with Crippen molar-refractivity contribution in [3.8, 4) is 5.75 Å². The number of halogens is 2. The second kappa shape index (κ2) is 7.20. The number of hydrogen-bond acceptors (Lipinski definition) is 6. The van der Waals surface area contributed by atoms with Gasteiger partial charge in [-0.05, 0) is 52.7 Å². The third kappa shape index (κ3) is 3.80. The summed E-state index contributed by atoms with van der Waals surface area (Å²) in [4.78, 5) is 15.4. The van der Waals surface area contributed by atoms with Gasteiger partial charge >= 0.3 is 5.97 Å². The van der Waals surface area contributed by atoms with E-state index in [1.54, 1.807) is 6.92 Å². The Balaban J connectivity index is 1.83. The van der Waals surface area contributed by atoms with Crippen molar-refractivity contribution in [3.05, 3.63) is 46.3 Å². The highest BCUT2D eigenvalue weighted by Gasteiger charge is 2.31. The van der Waals surface area contributed by atoms with Crippen molar-refractivity contribution in [2.24, 2.45) is 0 Å². The third-order valence-electron chi connectivity index (χ3n) is 3.61. The van der Waals surface area contributed by atoms with Crippen molar-refractivity contribution in [2.45, 2.75) is 24.3 Å². The lowest BCUT2D eigenvalue weighted by Gasteiger charge is -2.09. The van der Waals surface area contributed by atoms with Crippen LogP contribution in [0.5, 0.6) is 5.75 Å². The lowest BCUT2D eigenvalue weighted by Crippen LogP contribution is -2.27. The number of aromatic nitrogens is 1. The molecule has 10 heteroatoms. The fourth-order valence-corrected chi connectivity index (χ4v) is 3.81. The van der Waals surface area contributed by atoms with Crippen LogP contribution in [0, 0.1) is 5.82 Å². The van der Waals surface area contributed by atoms with Crippen LogP contribution in [0.15, 0.2) is 39.8 Å². The normalized spacial score (nSPS) is 15.9. The van der Waals surface area contributed by atoms with E-state index in [4.69, 9.17) is 9.47 Å². The van der Waals surface area contributed by atoms with E-state index in [-0.39, 0.29) is 17.9 Å². The molecule has 0 aliphatic carbocycles. The molecule has 0 fully saturated rings. The van der Waals surface area contributed by atoms with Crippen LogP contribution in [-0.4, -0.2) is 32.1 Å². The first-order valence-corrected chi connectivity index (χ1v) is 9.88. The maximum Gasteiger partial charge on any atom is 0.347 e. The van der Waals surface area contributed by atoms with Gasteiger partial charge in [0.2, 0.25) is 0 Å². The lowest BCUT2D eigenvalue weighted by molar-refractivity contribution is -0.150. The first-order chi connectivity index (χ1) is 12.3. The van der Waals surface area contributed by atoms with E-state index >= 15 is 0 Å². The molecule has 1 aromatic carbocycles. The van der Waals surface area contributed by atoms with E-state index in [1.165, 1.54) is 24.4 Å². The average Bonchev–Trinajstić information content (AvgIpc) is 3.01. The van der Waals surface area contributed by atoms with Crippen LogP contribution in [-0.2, 0) is 26.0 Å². The molecule has 0 saturated heterocycles. The van der Waals surface area contributed by atoms with Crippen LogP contribution in [0.1, 0.15) is 12.5 Å². The van der Waals surface area contributed by atoms with Crippen molar-refractivity contribution < 1.29 is 27.1 Å². The third-order valence-corrected chi connectivity index (χ3v) is 5.38. The molecular weight excluding hydrogens is 431 g/mol. The lowest BCUT2D eigenvalue weighted by atomic mass is 10.1. The molecule has 1 aliphatic heterocycles. The molecule has 26 heavy (non-hydrogen) atoms. The minimum Gasteiger partial charge on any atom is -0.478 e. The Kier molecular flexibility index (Phi) is 5.15. The number of nitrogens with zero attached hydrogens (tertiary/aromatic N) is 1. The molecular formula is C16H14BrFN2O5S. The molecule has 2 heterocycles. The van der Waals surface area contributed by atoms with Crippen LogP contribution in [0.3, 0.4) is 0 Å². The van der Waals surface area contributed by atoms with Crippen LogP contribution >= 0.6 is 15.9 Å². The van der Waals surface area contributed by atoms with E-state index < -0.39 is 33.7 Å². The molecule has 1 atom stereocenters. The van der Waals surface area contributed by atoms with E-state index in [0.29, 0.717) is 15.8 Å². The van der Waals surface area contributed by atoms with Gasteiger partial charge in [-0.3, -0.25) is 4.72 Å². The monoisotopic (exact) mass is 444 g/mol. The smallest absolute Gasteiger partial charge is 0.347 e. The van der Waals surface area contributed by atoms with E-state index in [1.807, 2.05) is 0 Å². The van der Waals surface area contributed by atoms with Gasteiger partial charge in [0, 0.05) is 17.1 Å². The van der Waals surface area contributed by atoms with E-state index in [2.05, 4.69) is 25.6 Å². The number of nitrogens with one attached hydrogen (secondary N) is 1. The van der Waals surface area contributed by atoms with Crippen LogP contribution in [0.2, 0.25) is 0 Å². The summed E-state index contributed by atoms with van der Waals surface area (Å²) in [6.45, 7) is 1.91. The minimum absolute atomic E-state index is 0.0894. The van der Waals surface area contributed by atoms with Crippen molar-refractivity contribution in [1.29, 1.82) is 0 Å². The Labute approximate surface area is 157 Å². The number of hydrogen-bond donors (Lipinski definition) is 1. The molecule has 0 radical (unpaired) electrons. The van der Waals surface area contributed by atoms with Gasteiger partial charge in [0.05, 0.1) is 11.5 Å². The number of carbonyl (C=O) groups excluding carboxylic acids is 1. The Bertz CT molecular complexity index is 967. The summed E-state index contributed by atoms with van der Waals surface area (Å²) in [7, 11) is -4.06. The quantitative estimate of drug-likeness (QED) is 0.712. The largest absolute Gasteiger partial charge is 0.478 e. The summed E-state index contributed by atoms with van der Waals surface area (Å²) < 4.78 is 51.7. The van der Waals surface area contributed by atoms with Gasteiger partial charge < -0.3 is 9.47 Å². The second-order valence-electron chi connectivity index (χ2n) is 5.42. The topological polar surface area (TPSA) is 94.6 Å². The summed E-state index contributed by atoms with van der Waals surface area (Å²) in [5, 5.41) is 0. The average molecular weight is 445 g/mol. The highest BCUT2D eigenvalue weighted by Crippen LogP contribution is 2.32. The fourth-order valence-electron chi connectivity index (χ4n) is 2.43. The number of pyridine rings is 1. The Hall–Kier alpha value is -2.20. The summed E-state index contributed by atoms with van der Waals surface area (Å²) in [6.07, 6.45) is 0.672. The standard InChI is InChI=1S/C16H14BrFN2O5S/c1-2-24-16(21)14-6-9-5-11(3-4-13(9)25-14)26(22,23)20-15-12(18)7-10(17)8-19-15/h3-5,7-8,14H,2,6H2,1H3,(H,19,20)/t14-/m1/s1. The SMILES string of the molecule is CCOC(=O)[C@H]1Cc2cc(S(=O)(=O)Nc3ncc(Br)cc3F)ccc2O1. The minimum atomic E-state index is -4.06. The predicted molar refractivity (Wildman–Crippen MR) is 93.9 cm³/mol. The summed E-state index contributed by atoms with van der Waals surface area (Å²) in [5.41, 5.74) is 0.551. The molecule has 1 aliphatic rings. The van der Waals surface area contributed by atoms with Gasteiger partial charge in [-0.25, -0.2) is 22.6 Å². The summed E-state index contributed by atoms with van der Waals surface area (Å²) in [5.74, 6) is -1.31. The van der Waals surface area contributed by atoms with Crippen LogP contribution in [0.4, 0.5) is 10.2 Å². The Morgan fingerprint density at radius 2 is 2.23 bits per heavy atom. The van der Waals surface area contributed by atoms with Crippen molar-refractivity contribution >= 4 is 37.7 Å². The first-order valence-electron chi connectivity index (χ1n) is 7.60. The molecule has 138 valence electrons. The van der Waals surface area contributed by atoms with E-state index in [0.717, 1.165) is 6.07 Å². The second-order valence-corrected chi connectivity index (χ2v) is 8.02. The van der Waals surface area contributed by atoms with Gasteiger partial charge in [0.25, 0.3) is 10.0 Å². The van der Waals surface area contributed by atoms with Gasteiger partial charge in [0.1, 0.15) is 5.75 Å². The summed E-state index contributed by atoms with van der Waals surface area (Å²) >= 11 is 3.05. The molecule has 2 aromatic rings. The molecule has 7 nitrogen and oxygen atoms in total. The zero-order valence-electron chi connectivity index (χ0n) is 13.5. The maximum absolute atomic E-state index is 13.8. The van der Waals surface area contributed by atoms with Gasteiger partial charge in [-0.2, -0.15) is 0 Å². The molecule has 0 bridgehead atoms. The predicted octanol–water partition coefficient (Wildman–Crippen LogP) is 2.65. The zero-order chi connectivity index (χ0) is 18.9. The van der Waals surface area contributed by atoms with Crippen LogP contribution in [0.25, 0.3) is 0 Å². The molecule has 0 amide bonds. The molecule has 0 spiro atoms. The first kappa shape index (κ1) is 18.6. The molecule has 1 N–H and O–H groups in total. The number of rotatable bonds is 5. The molecule has 0 saturated carbocycles. The number of anilines is 1. The highest BCUT2D eigenvalue weighted by molar-refractivity contribution is 9.10. The number of fused-ring (bicyclic) bond motifs is 1. The van der Waals surface area contributed by atoms with Crippen molar-refractivity contribution in [2.75, 3.05) is 11.3 Å². The fraction of sp³-hybridized carbons (Fsp3) is 0.250. The molecule has 3 rings (SSSR count). The van der Waals surface area contributed by atoms with Gasteiger partial charge in [0.15, 0.2) is 17.7 Å². The number of sulfonamides is 1. The Morgan fingerprint density at radius 3 is 2.92 bits per heavy atom. The van der Waals surface area contributed by atoms with E-state index in [9.17, 15) is 17.6 Å². The maximum atomic E-state index is 13.8.